The first-order valence-corrected chi connectivity index (χ1v) is 8.19. The number of carboxylic acid groups (broad SMARTS) is 2. The van der Waals surface area contributed by atoms with Crippen molar-refractivity contribution in [2.75, 3.05) is 26.8 Å². The van der Waals surface area contributed by atoms with Crippen LogP contribution in [0.25, 0.3) is 0 Å². The molecule has 0 fully saturated rings. The van der Waals surface area contributed by atoms with E-state index < -0.39 is 42.6 Å². The van der Waals surface area contributed by atoms with Crippen LogP contribution < -0.4 is 9.47 Å². The maximum atomic E-state index is 12.4. The van der Waals surface area contributed by atoms with E-state index in [0.29, 0.717) is 0 Å². The summed E-state index contributed by atoms with van der Waals surface area (Å²) in [5.41, 5.74) is -0.589. The lowest BCUT2D eigenvalue weighted by Crippen LogP contribution is -2.37. The number of hydrogen-bond donors (Lipinski definition) is 2. The Hall–Kier alpha value is -3.30. The molecule has 0 aliphatic rings. The van der Waals surface area contributed by atoms with E-state index in [9.17, 15) is 19.2 Å². The summed E-state index contributed by atoms with van der Waals surface area (Å²) in [6.45, 7) is 3.42. The molecular formula is C18H23NO9. The molecule has 0 saturated heterocycles. The summed E-state index contributed by atoms with van der Waals surface area (Å²) < 4.78 is 15.3. The minimum atomic E-state index is -1.26. The summed E-state index contributed by atoms with van der Waals surface area (Å²) in [5.74, 6) is -3.08. The van der Waals surface area contributed by atoms with Gasteiger partial charge in [-0.15, -0.1) is 0 Å². The molecule has 0 atom stereocenters. The number of rotatable bonds is 9. The number of carboxylic acids is 2. The predicted molar refractivity (Wildman–Crippen MR) is 95.9 cm³/mol. The molecule has 0 unspecified atom stereocenters. The zero-order chi connectivity index (χ0) is 21.5. The van der Waals surface area contributed by atoms with Gasteiger partial charge in [-0.3, -0.25) is 4.79 Å². The monoisotopic (exact) mass is 397 g/mol. The molecule has 10 heteroatoms. The van der Waals surface area contributed by atoms with Crippen molar-refractivity contribution in [2.45, 2.75) is 26.4 Å². The van der Waals surface area contributed by atoms with E-state index >= 15 is 0 Å². The van der Waals surface area contributed by atoms with Crippen LogP contribution in [0.15, 0.2) is 18.2 Å². The Bertz CT molecular complexity index is 752. The molecule has 0 saturated carbocycles. The van der Waals surface area contributed by atoms with Gasteiger partial charge in [0.2, 0.25) is 0 Å². The van der Waals surface area contributed by atoms with Gasteiger partial charge in [0.1, 0.15) is 5.60 Å². The fraction of sp³-hybridized carbons (Fsp3) is 0.444. The van der Waals surface area contributed by atoms with Crippen molar-refractivity contribution in [1.29, 1.82) is 0 Å². The Morgan fingerprint density at radius 2 is 1.50 bits per heavy atom. The van der Waals surface area contributed by atoms with Crippen LogP contribution in [0.1, 0.15) is 31.1 Å². The van der Waals surface area contributed by atoms with Crippen LogP contribution in [0.3, 0.4) is 0 Å². The molecule has 0 radical (unpaired) electrons. The third-order valence-corrected chi connectivity index (χ3v) is 3.05. The maximum Gasteiger partial charge on any atom is 0.410 e. The molecule has 0 spiro atoms. The molecule has 0 aliphatic heterocycles. The van der Waals surface area contributed by atoms with Crippen molar-refractivity contribution in [3.8, 4) is 11.5 Å². The zero-order valence-corrected chi connectivity index (χ0v) is 16.1. The molecule has 0 heterocycles. The summed E-state index contributed by atoms with van der Waals surface area (Å²) in [7, 11) is 1.40. The fourth-order valence-electron chi connectivity index (χ4n) is 1.90. The highest BCUT2D eigenvalue weighted by Crippen LogP contribution is 2.29. The second-order valence-corrected chi connectivity index (χ2v) is 6.79. The van der Waals surface area contributed by atoms with Crippen LogP contribution in [0, 0.1) is 0 Å². The molecule has 1 amide bonds. The normalized spacial score (nSPS) is 10.7. The van der Waals surface area contributed by atoms with Crippen molar-refractivity contribution < 1.29 is 43.6 Å². The minimum Gasteiger partial charge on any atom is -0.479 e. The average molecular weight is 397 g/mol. The Labute approximate surface area is 161 Å². The number of hydrogen-bond acceptors (Lipinski definition) is 7. The number of amides is 1. The second-order valence-electron chi connectivity index (χ2n) is 6.79. The molecule has 0 aliphatic carbocycles. The topological polar surface area (TPSA) is 140 Å². The van der Waals surface area contributed by atoms with Gasteiger partial charge in [0.05, 0.1) is 6.54 Å². The van der Waals surface area contributed by atoms with Crippen molar-refractivity contribution in [1.82, 2.24) is 4.90 Å². The number of likely N-dealkylation sites (N-methyl/N-ethyl adjacent to an activating group) is 1. The second kappa shape index (κ2) is 9.58. The Morgan fingerprint density at radius 1 is 0.964 bits per heavy atom. The Kier molecular flexibility index (Phi) is 7.78. The number of ketones is 1. The van der Waals surface area contributed by atoms with Crippen molar-refractivity contribution in [3.05, 3.63) is 23.8 Å². The fourth-order valence-corrected chi connectivity index (χ4v) is 1.90. The summed E-state index contributed by atoms with van der Waals surface area (Å²) in [5, 5.41) is 17.4. The molecule has 0 aromatic heterocycles. The van der Waals surface area contributed by atoms with E-state index in [4.69, 9.17) is 24.4 Å². The van der Waals surface area contributed by atoms with Crippen LogP contribution in [0.2, 0.25) is 0 Å². The Morgan fingerprint density at radius 3 is 2.00 bits per heavy atom. The lowest BCUT2D eigenvalue weighted by atomic mass is 10.1. The SMILES string of the molecule is CN(CC(=O)c1ccc(OCC(=O)O)c(OCC(=O)O)c1)C(=O)OC(C)(C)C. The van der Waals surface area contributed by atoms with Crippen LogP contribution >= 0.6 is 0 Å². The number of Topliss-reactive ketones (excluding diaryl/α,β-unsaturated/α-hetero) is 1. The van der Waals surface area contributed by atoms with Gasteiger partial charge >= 0.3 is 18.0 Å². The highest BCUT2D eigenvalue weighted by molar-refractivity contribution is 5.99. The van der Waals surface area contributed by atoms with Crippen LogP contribution in [0.5, 0.6) is 11.5 Å². The van der Waals surface area contributed by atoms with Crippen LogP contribution in [-0.2, 0) is 14.3 Å². The number of carbonyl (C=O) groups excluding carboxylic acids is 2. The molecule has 1 aromatic rings. The van der Waals surface area contributed by atoms with Crippen molar-refractivity contribution in [3.63, 3.8) is 0 Å². The molecule has 10 nitrogen and oxygen atoms in total. The number of benzene rings is 1. The van der Waals surface area contributed by atoms with E-state index in [1.165, 1.54) is 25.2 Å². The van der Waals surface area contributed by atoms with Gasteiger partial charge in [-0.05, 0) is 39.0 Å². The molecule has 1 rings (SSSR count). The molecule has 1 aromatic carbocycles. The lowest BCUT2D eigenvalue weighted by Gasteiger charge is -2.24. The van der Waals surface area contributed by atoms with Gasteiger partial charge in [-0.25, -0.2) is 14.4 Å². The van der Waals surface area contributed by atoms with Crippen molar-refractivity contribution in [2.24, 2.45) is 0 Å². The standard InChI is InChI=1S/C18H23NO9/c1-18(2,3)28-17(25)19(4)8-12(20)11-5-6-13(26-9-15(21)22)14(7-11)27-10-16(23)24/h5-7H,8-10H2,1-4H3,(H,21,22)(H,23,24). The van der Waals surface area contributed by atoms with Gasteiger partial charge in [0, 0.05) is 12.6 Å². The van der Waals surface area contributed by atoms with Crippen LogP contribution in [-0.4, -0.2) is 71.3 Å². The molecule has 28 heavy (non-hydrogen) atoms. The third kappa shape index (κ3) is 7.94. The number of carbonyl (C=O) groups is 4. The number of ether oxygens (including phenoxy) is 3. The maximum absolute atomic E-state index is 12.4. The summed E-state index contributed by atoms with van der Waals surface area (Å²) in [6.07, 6.45) is -0.676. The molecular weight excluding hydrogens is 374 g/mol. The summed E-state index contributed by atoms with van der Waals surface area (Å²) >= 11 is 0. The first kappa shape index (κ1) is 22.7. The summed E-state index contributed by atoms with van der Waals surface area (Å²) in [4.78, 5) is 46.9. The largest absolute Gasteiger partial charge is 0.479 e. The van der Waals surface area contributed by atoms with Gasteiger partial charge in [-0.1, -0.05) is 0 Å². The summed E-state index contributed by atoms with van der Waals surface area (Å²) in [6, 6.07) is 3.88. The Balaban J connectivity index is 2.94. The highest BCUT2D eigenvalue weighted by Gasteiger charge is 2.22. The van der Waals surface area contributed by atoms with Gasteiger partial charge in [-0.2, -0.15) is 0 Å². The lowest BCUT2D eigenvalue weighted by molar-refractivity contribution is -0.140. The molecule has 0 bridgehead atoms. The van der Waals surface area contributed by atoms with E-state index in [-0.39, 0.29) is 23.6 Å². The zero-order valence-electron chi connectivity index (χ0n) is 16.1. The van der Waals surface area contributed by atoms with Gasteiger partial charge in [0.25, 0.3) is 0 Å². The first-order chi connectivity index (χ1) is 12.9. The van der Waals surface area contributed by atoms with E-state index in [1.54, 1.807) is 20.8 Å². The highest BCUT2D eigenvalue weighted by atomic mass is 16.6. The predicted octanol–water partition coefficient (Wildman–Crippen LogP) is 1.66. The number of nitrogens with zero attached hydrogens (tertiary/aromatic N) is 1. The smallest absolute Gasteiger partial charge is 0.410 e. The quantitative estimate of drug-likeness (QED) is 0.595. The third-order valence-electron chi connectivity index (χ3n) is 3.05. The van der Waals surface area contributed by atoms with E-state index in [0.717, 1.165) is 4.90 Å². The van der Waals surface area contributed by atoms with E-state index in [1.807, 2.05) is 0 Å². The minimum absolute atomic E-state index is 0.0271. The van der Waals surface area contributed by atoms with Crippen LogP contribution in [0.4, 0.5) is 4.79 Å². The molecule has 154 valence electrons. The van der Waals surface area contributed by atoms with Gasteiger partial charge in [0.15, 0.2) is 30.5 Å². The van der Waals surface area contributed by atoms with Crippen molar-refractivity contribution >= 4 is 23.8 Å². The van der Waals surface area contributed by atoms with E-state index in [2.05, 4.69) is 0 Å². The molecule has 2 N–H and O–H groups in total. The number of aliphatic carboxylic acids is 2. The first-order valence-electron chi connectivity index (χ1n) is 8.19. The van der Waals surface area contributed by atoms with Gasteiger partial charge < -0.3 is 29.3 Å². The average Bonchev–Trinajstić information content (AvgIpc) is 2.56.